The van der Waals surface area contributed by atoms with Crippen LogP contribution in [0.3, 0.4) is 0 Å². The minimum absolute atomic E-state index is 0.170. The molecule has 0 saturated carbocycles. The van der Waals surface area contributed by atoms with Crippen LogP contribution in [0, 0.1) is 19.7 Å². The summed E-state index contributed by atoms with van der Waals surface area (Å²) in [6.07, 6.45) is 0. The van der Waals surface area contributed by atoms with Crippen LogP contribution in [0.1, 0.15) is 21.7 Å². The molecule has 5 nitrogen and oxygen atoms in total. The molecule has 1 heterocycles. The molecule has 132 valence electrons. The first-order valence-corrected chi connectivity index (χ1v) is 8.24. The highest BCUT2D eigenvalue weighted by molar-refractivity contribution is 6.30. The van der Waals surface area contributed by atoms with E-state index in [9.17, 15) is 9.18 Å². The molecule has 0 aliphatic heterocycles. The van der Waals surface area contributed by atoms with Crippen molar-refractivity contribution in [3.8, 4) is 0 Å². The lowest BCUT2D eigenvalue weighted by Gasteiger charge is -2.11. The van der Waals surface area contributed by atoms with E-state index in [-0.39, 0.29) is 11.6 Å². The lowest BCUT2D eigenvalue weighted by atomic mass is 10.2. The number of hydrogen-bond acceptors (Lipinski definition) is 4. The van der Waals surface area contributed by atoms with Crippen LogP contribution in [-0.4, -0.2) is 15.9 Å². The molecule has 0 aliphatic rings. The third-order valence-electron chi connectivity index (χ3n) is 3.62. The molecule has 0 aliphatic carbocycles. The molecule has 2 N–H and O–H groups in total. The normalized spacial score (nSPS) is 10.5. The summed E-state index contributed by atoms with van der Waals surface area (Å²) in [6, 6.07) is 12.6. The Morgan fingerprint density at radius 3 is 2.65 bits per heavy atom. The maximum absolute atomic E-state index is 13.3. The van der Waals surface area contributed by atoms with Crippen LogP contribution >= 0.6 is 11.6 Å². The number of aromatic nitrogens is 2. The van der Waals surface area contributed by atoms with Gasteiger partial charge >= 0.3 is 0 Å². The number of halogens is 2. The van der Waals surface area contributed by atoms with E-state index >= 15 is 0 Å². The predicted molar refractivity (Wildman–Crippen MR) is 101 cm³/mol. The number of aryl methyl sites for hydroxylation is 2. The number of anilines is 3. The first-order chi connectivity index (χ1) is 12.4. The molecule has 1 aromatic heterocycles. The standard InChI is InChI=1S/C19H16ClFN4O/c1-11-6-7-13(20)9-16(11)24-19-22-12(2)8-17(25-19)18(26)23-15-5-3-4-14(21)10-15/h3-10H,1-2H3,(H,23,26)(H,22,24,25). The molecule has 0 unspecified atom stereocenters. The van der Waals surface area contributed by atoms with Crippen molar-refractivity contribution in [2.24, 2.45) is 0 Å². The molecule has 0 atom stereocenters. The number of nitrogens with one attached hydrogen (secondary N) is 2. The molecule has 3 rings (SSSR count). The summed E-state index contributed by atoms with van der Waals surface area (Å²) in [5.74, 6) is -0.604. The number of hydrogen-bond donors (Lipinski definition) is 2. The maximum Gasteiger partial charge on any atom is 0.274 e. The van der Waals surface area contributed by atoms with Crippen molar-refractivity contribution in [1.82, 2.24) is 9.97 Å². The van der Waals surface area contributed by atoms with E-state index in [1.807, 2.05) is 13.0 Å². The SMILES string of the molecule is Cc1cc(C(=O)Nc2cccc(F)c2)nc(Nc2cc(Cl)ccc2C)n1. The monoisotopic (exact) mass is 370 g/mol. The Labute approximate surface area is 155 Å². The largest absolute Gasteiger partial charge is 0.324 e. The minimum Gasteiger partial charge on any atom is -0.324 e. The van der Waals surface area contributed by atoms with Crippen LogP contribution in [0.5, 0.6) is 0 Å². The van der Waals surface area contributed by atoms with Gasteiger partial charge in [0, 0.05) is 22.1 Å². The Hall–Kier alpha value is -2.99. The molecule has 1 amide bonds. The Kier molecular flexibility index (Phi) is 5.14. The van der Waals surface area contributed by atoms with Crippen molar-refractivity contribution in [2.75, 3.05) is 10.6 Å². The summed E-state index contributed by atoms with van der Waals surface area (Å²) in [6.45, 7) is 3.68. The van der Waals surface area contributed by atoms with E-state index in [0.717, 1.165) is 11.3 Å². The van der Waals surface area contributed by atoms with Crippen molar-refractivity contribution in [3.63, 3.8) is 0 Å². The van der Waals surface area contributed by atoms with Gasteiger partial charge < -0.3 is 10.6 Å². The number of benzene rings is 2. The fourth-order valence-corrected chi connectivity index (χ4v) is 2.52. The van der Waals surface area contributed by atoms with Gasteiger partial charge in [0.1, 0.15) is 11.5 Å². The Morgan fingerprint density at radius 1 is 1.08 bits per heavy atom. The highest BCUT2D eigenvalue weighted by Gasteiger charge is 2.12. The maximum atomic E-state index is 13.3. The summed E-state index contributed by atoms with van der Waals surface area (Å²) >= 11 is 6.02. The Morgan fingerprint density at radius 2 is 1.88 bits per heavy atom. The topological polar surface area (TPSA) is 66.9 Å². The van der Waals surface area contributed by atoms with E-state index < -0.39 is 11.7 Å². The molecule has 0 fully saturated rings. The molecule has 3 aromatic rings. The van der Waals surface area contributed by atoms with E-state index in [2.05, 4.69) is 20.6 Å². The van der Waals surface area contributed by atoms with Crippen molar-refractivity contribution >= 4 is 34.8 Å². The average Bonchev–Trinajstić information content (AvgIpc) is 2.57. The molecule has 26 heavy (non-hydrogen) atoms. The van der Waals surface area contributed by atoms with Gasteiger partial charge in [0.2, 0.25) is 5.95 Å². The van der Waals surface area contributed by atoms with Crippen LogP contribution in [-0.2, 0) is 0 Å². The van der Waals surface area contributed by atoms with E-state index in [1.165, 1.54) is 18.2 Å². The van der Waals surface area contributed by atoms with E-state index in [0.29, 0.717) is 16.4 Å². The summed E-state index contributed by atoms with van der Waals surface area (Å²) in [5.41, 5.74) is 2.85. The Bertz CT molecular complexity index is 978. The van der Waals surface area contributed by atoms with Crippen LogP contribution in [0.15, 0.2) is 48.5 Å². The minimum atomic E-state index is -0.452. The van der Waals surface area contributed by atoms with Crippen molar-refractivity contribution in [2.45, 2.75) is 13.8 Å². The van der Waals surface area contributed by atoms with Gasteiger partial charge in [0.25, 0.3) is 5.91 Å². The first kappa shape index (κ1) is 17.8. The third-order valence-corrected chi connectivity index (χ3v) is 3.85. The zero-order valence-electron chi connectivity index (χ0n) is 14.2. The Balaban J connectivity index is 1.85. The van der Waals surface area contributed by atoms with Gasteiger partial charge in [-0.25, -0.2) is 14.4 Å². The highest BCUT2D eigenvalue weighted by Crippen LogP contribution is 2.23. The number of amides is 1. The van der Waals surface area contributed by atoms with Crippen LogP contribution in [0.2, 0.25) is 5.02 Å². The lowest BCUT2D eigenvalue weighted by molar-refractivity contribution is 0.102. The first-order valence-electron chi connectivity index (χ1n) is 7.86. The van der Waals surface area contributed by atoms with Gasteiger partial charge in [-0.3, -0.25) is 4.79 Å². The third kappa shape index (κ3) is 4.34. The molecule has 0 bridgehead atoms. The number of carbonyl (C=O) groups excluding carboxylic acids is 1. The lowest BCUT2D eigenvalue weighted by Crippen LogP contribution is -2.15. The summed E-state index contributed by atoms with van der Waals surface area (Å²) in [5, 5.41) is 6.27. The second-order valence-corrected chi connectivity index (χ2v) is 6.20. The number of nitrogens with zero attached hydrogens (tertiary/aromatic N) is 2. The molecular weight excluding hydrogens is 355 g/mol. The summed E-state index contributed by atoms with van der Waals surface area (Å²) in [4.78, 5) is 21.0. The quantitative estimate of drug-likeness (QED) is 0.686. The highest BCUT2D eigenvalue weighted by atomic mass is 35.5. The number of carbonyl (C=O) groups is 1. The van der Waals surface area contributed by atoms with Gasteiger partial charge in [-0.15, -0.1) is 0 Å². The number of rotatable bonds is 4. The molecule has 0 spiro atoms. The second kappa shape index (κ2) is 7.49. The fraction of sp³-hybridized carbons (Fsp3) is 0.105. The van der Waals surface area contributed by atoms with E-state index in [1.54, 1.807) is 31.2 Å². The van der Waals surface area contributed by atoms with E-state index in [4.69, 9.17) is 11.6 Å². The van der Waals surface area contributed by atoms with Crippen molar-refractivity contribution < 1.29 is 9.18 Å². The van der Waals surface area contributed by atoms with Crippen LogP contribution in [0.25, 0.3) is 0 Å². The van der Waals surface area contributed by atoms with Gasteiger partial charge in [0.05, 0.1) is 0 Å². The molecule has 0 radical (unpaired) electrons. The van der Waals surface area contributed by atoms with Gasteiger partial charge in [-0.05, 0) is 55.8 Å². The van der Waals surface area contributed by atoms with Crippen LogP contribution < -0.4 is 10.6 Å². The molecule has 2 aromatic carbocycles. The van der Waals surface area contributed by atoms with Crippen molar-refractivity contribution in [1.29, 1.82) is 0 Å². The molecule has 0 saturated heterocycles. The smallest absolute Gasteiger partial charge is 0.274 e. The zero-order valence-corrected chi connectivity index (χ0v) is 14.9. The zero-order chi connectivity index (χ0) is 18.7. The predicted octanol–water partition coefficient (Wildman–Crippen LogP) is 4.88. The van der Waals surface area contributed by atoms with Gasteiger partial charge in [-0.2, -0.15) is 0 Å². The summed E-state index contributed by atoms with van der Waals surface area (Å²) < 4.78 is 13.3. The molecular formula is C19H16ClFN4O. The fourth-order valence-electron chi connectivity index (χ4n) is 2.35. The van der Waals surface area contributed by atoms with Crippen molar-refractivity contribution in [3.05, 3.63) is 76.3 Å². The summed E-state index contributed by atoms with van der Waals surface area (Å²) in [7, 11) is 0. The van der Waals surface area contributed by atoms with Gasteiger partial charge in [0.15, 0.2) is 0 Å². The second-order valence-electron chi connectivity index (χ2n) is 5.77. The van der Waals surface area contributed by atoms with Crippen LogP contribution in [0.4, 0.5) is 21.7 Å². The van der Waals surface area contributed by atoms with Gasteiger partial charge in [-0.1, -0.05) is 23.7 Å². The average molecular weight is 371 g/mol. The molecule has 7 heteroatoms.